The quantitative estimate of drug-likeness (QED) is 0.886. The second-order valence-corrected chi connectivity index (χ2v) is 6.11. The fourth-order valence-corrected chi connectivity index (χ4v) is 3.30. The Morgan fingerprint density at radius 1 is 1.35 bits per heavy atom. The number of aryl methyl sites for hydroxylation is 1. The van der Waals surface area contributed by atoms with Crippen LogP contribution >= 0.6 is 0 Å². The molecule has 7 heteroatoms. The number of rotatable bonds is 4. The molecule has 1 amide bonds. The molecule has 126 valence electrons. The summed E-state index contributed by atoms with van der Waals surface area (Å²) in [5.74, 6) is 1.73. The summed E-state index contributed by atoms with van der Waals surface area (Å²) < 4.78 is 5.35. The van der Waals surface area contributed by atoms with Crippen LogP contribution in [0.25, 0.3) is 0 Å². The van der Waals surface area contributed by atoms with Crippen molar-refractivity contribution in [1.82, 2.24) is 19.8 Å². The number of anilines is 1. The molecule has 3 rings (SSSR count). The molecule has 2 saturated heterocycles. The van der Waals surface area contributed by atoms with E-state index in [1.165, 1.54) is 0 Å². The maximum Gasteiger partial charge on any atom is 0.237 e. The number of likely N-dealkylation sites (tertiary alicyclic amines) is 1. The largest absolute Gasteiger partial charge is 0.379 e. The number of hydrogen-bond donors (Lipinski definition) is 1. The molecule has 0 aromatic carbocycles. The van der Waals surface area contributed by atoms with Crippen molar-refractivity contribution in [2.75, 3.05) is 51.8 Å². The molecule has 0 bridgehead atoms. The third-order valence-corrected chi connectivity index (χ3v) is 4.49. The van der Waals surface area contributed by atoms with Gasteiger partial charge in [0.1, 0.15) is 11.6 Å². The highest BCUT2D eigenvalue weighted by Gasteiger charge is 2.32. The summed E-state index contributed by atoms with van der Waals surface area (Å²) in [7, 11) is 1.85. The fourth-order valence-electron chi connectivity index (χ4n) is 3.30. The highest BCUT2D eigenvalue weighted by Crippen LogP contribution is 2.31. The van der Waals surface area contributed by atoms with Gasteiger partial charge in [0, 0.05) is 32.7 Å². The zero-order valence-electron chi connectivity index (χ0n) is 13.9. The van der Waals surface area contributed by atoms with Crippen molar-refractivity contribution in [3.63, 3.8) is 0 Å². The summed E-state index contributed by atoms with van der Waals surface area (Å²) in [5, 5.41) is 3.06. The lowest BCUT2D eigenvalue weighted by molar-refractivity contribution is -0.134. The van der Waals surface area contributed by atoms with Gasteiger partial charge in [-0.1, -0.05) is 0 Å². The summed E-state index contributed by atoms with van der Waals surface area (Å²) in [5.41, 5.74) is 0.940. The van der Waals surface area contributed by atoms with Crippen molar-refractivity contribution >= 4 is 11.7 Å². The maximum absolute atomic E-state index is 12.7. The molecule has 1 aromatic rings. The molecule has 1 N–H and O–H groups in total. The van der Waals surface area contributed by atoms with E-state index < -0.39 is 0 Å². The van der Waals surface area contributed by atoms with Gasteiger partial charge < -0.3 is 15.0 Å². The van der Waals surface area contributed by atoms with Crippen LogP contribution < -0.4 is 5.32 Å². The van der Waals surface area contributed by atoms with Crippen LogP contribution in [-0.4, -0.2) is 72.1 Å². The van der Waals surface area contributed by atoms with E-state index in [0.29, 0.717) is 19.8 Å². The lowest BCUT2D eigenvalue weighted by Crippen LogP contribution is -2.44. The molecular formula is C16H25N5O2. The second kappa shape index (κ2) is 7.23. The van der Waals surface area contributed by atoms with Gasteiger partial charge in [-0.05, 0) is 19.8 Å². The number of hydrogen-bond acceptors (Lipinski definition) is 6. The Bertz CT molecular complexity index is 559. The Kier molecular flexibility index (Phi) is 5.07. The van der Waals surface area contributed by atoms with Crippen LogP contribution in [0.4, 0.5) is 5.82 Å². The van der Waals surface area contributed by atoms with Gasteiger partial charge in [0.25, 0.3) is 0 Å². The highest BCUT2D eigenvalue weighted by atomic mass is 16.5. The minimum absolute atomic E-state index is 0.0670. The van der Waals surface area contributed by atoms with Gasteiger partial charge in [-0.25, -0.2) is 9.97 Å². The number of nitrogens with one attached hydrogen (secondary N) is 1. The van der Waals surface area contributed by atoms with Crippen molar-refractivity contribution < 1.29 is 9.53 Å². The first-order chi connectivity index (χ1) is 11.2. The summed E-state index contributed by atoms with van der Waals surface area (Å²) in [6.07, 6.45) is 1.99. The molecule has 2 fully saturated rings. The monoisotopic (exact) mass is 319 g/mol. The SMILES string of the molecule is CNc1cc([C@@H]2CCCN2C(=O)CN2CCOCC2)nc(C)n1. The molecule has 7 nitrogen and oxygen atoms in total. The van der Waals surface area contributed by atoms with Crippen LogP contribution in [0.1, 0.15) is 30.4 Å². The second-order valence-electron chi connectivity index (χ2n) is 6.11. The van der Waals surface area contributed by atoms with Gasteiger partial charge in [0.05, 0.1) is 31.5 Å². The number of nitrogens with zero attached hydrogens (tertiary/aromatic N) is 4. The van der Waals surface area contributed by atoms with E-state index in [1.54, 1.807) is 0 Å². The first kappa shape index (κ1) is 16.1. The Labute approximate surface area is 137 Å². The lowest BCUT2D eigenvalue weighted by Gasteiger charge is -2.30. The predicted octanol–water partition coefficient (Wildman–Crippen LogP) is 0.822. The minimum atomic E-state index is 0.0670. The first-order valence-corrected chi connectivity index (χ1v) is 8.30. The van der Waals surface area contributed by atoms with E-state index in [9.17, 15) is 4.79 Å². The number of morpholine rings is 1. The van der Waals surface area contributed by atoms with Gasteiger partial charge in [0.15, 0.2) is 0 Å². The van der Waals surface area contributed by atoms with Gasteiger partial charge >= 0.3 is 0 Å². The van der Waals surface area contributed by atoms with Gasteiger partial charge in [0.2, 0.25) is 5.91 Å². The molecule has 2 aliphatic rings. The van der Waals surface area contributed by atoms with E-state index >= 15 is 0 Å². The highest BCUT2D eigenvalue weighted by molar-refractivity contribution is 5.79. The van der Waals surface area contributed by atoms with Gasteiger partial charge in [-0.2, -0.15) is 0 Å². The molecular weight excluding hydrogens is 294 g/mol. The average Bonchev–Trinajstić information content (AvgIpc) is 3.05. The third-order valence-electron chi connectivity index (χ3n) is 4.49. The number of ether oxygens (including phenoxy) is 1. The van der Waals surface area contributed by atoms with Crippen LogP contribution in [0.3, 0.4) is 0 Å². The first-order valence-electron chi connectivity index (χ1n) is 8.30. The predicted molar refractivity (Wildman–Crippen MR) is 87.3 cm³/mol. The molecule has 0 unspecified atom stereocenters. The van der Waals surface area contributed by atoms with Crippen LogP contribution in [0, 0.1) is 6.92 Å². The Morgan fingerprint density at radius 3 is 2.87 bits per heavy atom. The molecule has 1 aromatic heterocycles. The van der Waals surface area contributed by atoms with E-state index in [0.717, 1.165) is 49.8 Å². The number of amides is 1. The van der Waals surface area contributed by atoms with E-state index in [2.05, 4.69) is 20.2 Å². The summed E-state index contributed by atoms with van der Waals surface area (Å²) in [6, 6.07) is 2.02. The Balaban J connectivity index is 1.71. The molecule has 0 spiro atoms. The number of aromatic nitrogens is 2. The maximum atomic E-state index is 12.7. The van der Waals surface area contributed by atoms with Crippen LogP contribution in [0.15, 0.2) is 6.07 Å². The van der Waals surface area contributed by atoms with E-state index in [-0.39, 0.29) is 11.9 Å². The number of carbonyl (C=O) groups is 1. The Morgan fingerprint density at radius 2 is 2.13 bits per heavy atom. The van der Waals surface area contributed by atoms with Crippen molar-refractivity contribution in [2.45, 2.75) is 25.8 Å². The van der Waals surface area contributed by atoms with Gasteiger partial charge in [-0.15, -0.1) is 0 Å². The smallest absolute Gasteiger partial charge is 0.237 e. The third kappa shape index (κ3) is 3.79. The van der Waals surface area contributed by atoms with Crippen molar-refractivity contribution in [3.8, 4) is 0 Å². The molecule has 0 radical (unpaired) electrons. The fraction of sp³-hybridized carbons (Fsp3) is 0.688. The van der Waals surface area contributed by atoms with E-state index in [1.807, 2.05) is 24.9 Å². The Hall–Kier alpha value is -1.73. The minimum Gasteiger partial charge on any atom is -0.379 e. The van der Waals surface area contributed by atoms with Crippen LogP contribution in [0.5, 0.6) is 0 Å². The lowest BCUT2D eigenvalue weighted by atomic mass is 10.1. The summed E-state index contributed by atoms with van der Waals surface area (Å²) in [6.45, 7) is 6.27. The van der Waals surface area contributed by atoms with Crippen LogP contribution in [-0.2, 0) is 9.53 Å². The zero-order valence-corrected chi connectivity index (χ0v) is 13.9. The number of carbonyl (C=O) groups excluding carboxylic acids is 1. The molecule has 1 atom stereocenters. The standard InChI is InChI=1S/C16H25N5O2/c1-12-18-13(10-15(17-2)19-12)14-4-3-5-21(14)16(22)11-20-6-8-23-9-7-20/h10,14H,3-9,11H2,1-2H3,(H,17,18,19)/t14-/m0/s1. The molecule has 0 aliphatic carbocycles. The molecule has 0 saturated carbocycles. The average molecular weight is 319 g/mol. The molecule has 3 heterocycles. The molecule has 2 aliphatic heterocycles. The molecule has 23 heavy (non-hydrogen) atoms. The zero-order chi connectivity index (χ0) is 16.2. The summed E-state index contributed by atoms with van der Waals surface area (Å²) in [4.78, 5) is 25.8. The van der Waals surface area contributed by atoms with Crippen molar-refractivity contribution in [3.05, 3.63) is 17.6 Å². The van der Waals surface area contributed by atoms with Crippen molar-refractivity contribution in [2.24, 2.45) is 0 Å². The topological polar surface area (TPSA) is 70.6 Å². The van der Waals surface area contributed by atoms with Gasteiger partial charge in [-0.3, -0.25) is 9.69 Å². The normalized spacial score (nSPS) is 22.3. The van der Waals surface area contributed by atoms with Crippen molar-refractivity contribution in [1.29, 1.82) is 0 Å². The van der Waals surface area contributed by atoms with Crippen LogP contribution in [0.2, 0.25) is 0 Å². The van der Waals surface area contributed by atoms with E-state index in [4.69, 9.17) is 4.74 Å². The summed E-state index contributed by atoms with van der Waals surface area (Å²) >= 11 is 0.